The molecule has 0 saturated carbocycles. The first-order valence-electron chi connectivity index (χ1n) is 5.54. The topological polar surface area (TPSA) is 61.8 Å². The second kappa shape index (κ2) is 6.63. The van der Waals surface area contributed by atoms with E-state index in [1.54, 1.807) is 11.8 Å². The Labute approximate surface area is 90.4 Å². The number of hydrogen-bond acceptors (Lipinski definition) is 4. The summed E-state index contributed by atoms with van der Waals surface area (Å²) < 4.78 is 4.91. The van der Waals surface area contributed by atoms with E-state index in [4.69, 9.17) is 9.84 Å². The van der Waals surface area contributed by atoms with Crippen molar-refractivity contribution in [2.75, 3.05) is 32.8 Å². The molecule has 1 atom stereocenters. The summed E-state index contributed by atoms with van der Waals surface area (Å²) in [5.41, 5.74) is 0. The summed E-state index contributed by atoms with van der Waals surface area (Å²) in [7, 11) is 0. The molecule has 0 aliphatic carbocycles. The molecule has 0 aromatic carbocycles. The SMILES string of the molecule is CCOC(=O)N(CCO)CC1CCCN1. The van der Waals surface area contributed by atoms with Gasteiger partial charge in [0.15, 0.2) is 0 Å². The normalized spacial score (nSPS) is 20.3. The van der Waals surface area contributed by atoms with Gasteiger partial charge in [0.05, 0.1) is 13.2 Å². The molecule has 1 unspecified atom stereocenters. The molecule has 15 heavy (non-hydrogen) atoms. The maximum absolute atomic E-state index is 11.5. The minimum Gasteiger partial charge on any atom is -0.450 e. The summed E-state index contributed by atoms with van der Waals surface area (Å²) in [6, 6.07) is 0.348. The van der Waals surface area contributed by atoms with Crippen LogP contribution in [-0.4, -0.2) is 55.0 Å². The molecule has 1 fully saturated rings. The molecule has 1 aliphatic heterocycles. The maximum Gasteiger partial charge on any atom is 0.409 e. The molecule has 0 spiro atoms. The third-order valence-electron chi connectivity index (χ3n) is 2.50. The fourth-order valence-electron chi connectivity index (χ4n) is 1.77. The number of nitrogens with one attached hydrogen (secondary N) is 1. The zero-order valence-electron chi connectivity index (χ0n) is 9.24. The molecule has 1 aliphatic rings. The predicted molar refractivity (Wildman–Crippen MR) is 56.7 cm³/mol. The lowest BCUT2D eigenvalue weighted by Crippen LogP contribution is -2.42. The lowest BCUT2D eigenvalue weighted by molar-refractivity contribution is 0.0950. The number of nitrogens with zero attached hydrogens (tertiary/aromatic N) is 1. The zero-order chi connectivity index (χ0) is 11.1. The fourth-order valence-corrected chi connectivity index (χ4v) is 1.77. The highest BCUT2D eigenvalue weighted by Crippen LogP contribution is 2.07. The van der Waals surface area contributed by atoms with E-state index in [9.17, 15) is 4.79 Å². The Balaban J connectivity index is 2.37. The Morgan fingerprint density at radius 3 is 3.00 bits per heavy atom. The lowest BCUT2D eigenvalue weighted by Gasteiger charge is -2.24. The van der Waals surface area contributed by atoms with Crippen LogP contribution in [0.1, 0.15) is 19.8 Å². The molecule has 2 N–H and O–H groups in total. The molecule has 5 heteroatoms. The molecular weight excluding hydrogens is 196 g/mol. The van der Waals surface area contributed by atoms with Gasteiger partial charge in [-0.05, 0) is 26.3 Å². The van der Waals surface area contributed by atoms with Crippen molar-refractivity contribution in [2.24, 2.45) is 0 Å². The van der Waals surface area contributed by atoms with Crippen molar-refractivity contribution >= 4 is 6.09 Å². The maximum atomic E-state index is 11.5. The average molecular weight is 216 g/mol. The Morgan fingerprint density at radius 2 is 2.47 bits per heavy atom. The van der Waals surface area contributed by atoms with Crippen LogP contribution >= 0.6 is 0 Å². The Bertz CT molecular complexity index is 193. The van der Waals surface area contributed by atoms with Crippen LogP contribution in [0, 0.1) is 0 Å². The van der Waals surface area contributed by atoms with Gasteiger partial charge in [-0.25, -0.2) is 4.79 Å². The van der Waals surface area contributed by atoms with Crippen LogP contribution in [0.5, 0.6) is 0 Å². The number of amides is 1. The number of aliphatic hydroxyl groups is 1. The molecule has 1 rings (SSSR count). The van der Waals surface area contributed by atoms with E-state index in [-0.39, 0.29) is 12.7 Å². The lowest BCUT2D eigenvalue weighted by atomic mass is 10.2. The first-order valence-corrected chi connectivity index (χ1v) is 5.54. The van der Waals surface area contributed by atoms with Gasteiger partial charge in [-0.15, -0.1) is 0 Å². The van der Waals surface area contributed by atoms with Gasteiger partial charge < -0.3 is 20.1 Å². The molecule has 0 bridgehead atoms. The van der Waals surface area contributed by atoms with Crippen LogP contribution in [-0.2, 0) is 4.74 Å². The number of carbonyl (C=O) groups excluding carboxylic acids is 1. The molecule has 1 amide bonds. The van der Waals surface area contributed by atoms with Crippen molar-refractivity contribution in [3.8, 4) is 0 Å². The molecular formula is C10H20N2O3. The van der Waals surface area contributed by atoms with Crippen molar-refractivity contribution in [1.29, 1.82) is 0 Å². The fraction of sp³-hybridized carbons (Fsp3) is 0.900. The second-order valence-corrected chi connectivity index (χ2v) is 3.66. The number of rotatable bonds is 5. The first kappa shape index (κ1) is 12.3. The monoisotopic (exact) mass is 216 g/mol. The quantitative estimate of drug-likeness (QED) is 0.688. The van der Waals surface area contributed by atoms with Crippen LogP contribution < -0.4 is 5.32 Å². The summed E-state index contributed by atoms with van der Waals surface area (Å²) in [5.74, 6) is 0. The third-order valence-corrected chi connectivity index (χ3v) is 2.50. The summed E-state index contributed by atoms with van der Waals surface area (Å²) >= 11 is 0. The Kier molecular flexibility index (Phi) is 5.42. The van der Waals surface area contributed by atoms with Gasteiger partial charge in [-0.3, -0.25) is 0 Å². The van der Waals surface area contributed by atoms with Gasteiger partial charge in [0.25, 0.3) is 0 Å². The number of ether oxygens (including phenoxy) is 1. The highest BCUT2D eigenvalue weighted by atomic mass is 16.6. The predicted octanol–water partition coefficient (Wildman–Crippen LogP) is 0.189. The largest absolute Gasteiger partial charge is 0.450 e. The summed E-state index contributed by atoms with van der Waals surface area (Å²) in [4.78, 5) is 13.0. The van der Waals surface area contributed by atoms with E-state index < -0.39 is 0 Å². The van der Waals surface area contributed by atoms with Crippen molar-refractivity contribution in [3.05, 3.63) is 0 Å². The van der Waals surface area contributed by atoms with Gasteiger partial charge in [0, 0.05) is 19.1 Å². The number of carbonyl (C=O) groups is 1. The molecule has 0 aromatic rings. The molecule has 1 saturated heterocycles. The smallest absolute Gasteiger partial charge is 0.409 e. The standard InChI is InChI=1S/C10H20N2O3/c1-2-15-10(14)12(6-7-13)8-9-4-3-5-11-9/h9,11,13H,2-8H2,1H3. The minimum atomic E-state index is -0.333. The summed E-state index contributed by atoms with van der Waals surface area (Å²) in [5, 5.41) is 12.2. The van der Waals surface area contributed by atoms with E-state index in [2.05, 4.69) is 5.32 Å². The number of aliphatic hydroxyl groups excluding tert-OH is 1. The minimum absolute atomic E-state index is 0.0223. The van der Waals surface area contributed by atoms with Gasteiger partial charge in [0.1, 0.15) is 0 Å². The van der Waals surface area contributed by atoms with Gasteiger partial charge in [-0.2, -0.15) is 0 Å². The highest BCUT2D eigenvalue weighted by molar-refractivity contribution is 5.67. The Hall–Kier alpha value is -0.810. The molecule has 88 valence electrons. The van der Waals surface area contributed by atoms with E-state index in [0.29, 0.717) is 25.7 Å². The van der Waals surface area contributed by atoms with Crippen molar-refractivity contribution in [1.82, 2.24) is 10.2 Å². The van der Waals surface area contributed by atoms with E-state index in [1.165, 1.54) is 0 Å². The number of hydrogen-bond donors (Lipinski definition) is 2. The Morgan fingerprint density at radius 1 is 1.67 bits per heavy atom. The van der Waals surface area contributed by atoms with E-state index in [1.807, 2.05) is 0 Å². The summed E-state index contributed by atoms with van der Waals surface area (Å²) in [6.45, 7) is 4.12. The first-order chi connectivity index (χ1) is 7.27. The molecule has 1 heterocycles. The van der Waals surface area contributed by atoms with Gasteiger partial charge >= 0.3 is 6.09 Å². The van der Waals surface area contributed by atoms with Crippen molar-refractivity contribution in [3.63, 3.8) is 0 Å². The molecule has 0 radical (unpaired) electrons. The van der Waals surface area contributed by atoms with Crippen LogP contribution in [0.2, 0.25) is 0 Å². The third kappa shape index (κ3) is 4.05. The summed E-state index contributed by atoms with van der Waals surface area (Å²) in [6.07, 6.45) is 1.90. The van der Waals surface area contributed by atoms with Crippen LogP contribution in [0.3, 0.4) is 0 Å². The van der Waals surface area contributed by atoms with Crippen LogP contribution in [0.15, 0.2) is 0 Å². The van der Waals surface area contributed by atoms with E-state index in [0.717, 1.165) is 19.4 Å². The molecule has 5 nitrogen and oxygen atoms in total. The van der Waals surface area contributed by atoms with Gasteiger partial charge in [-0.1, -0.05) is 0 Å². The van der Waals surface area contributed by atoms with Gasteiger partial charge in [0.2, 0.25) is 0 Å². The van der Waals surface area contributed by atoms with Crippen LogP contribution in [0.4, 0.5) is 4.79 Å². The average Bonchev–Trinajstić information content (AvgIpc) is 2.70. The van der Waals surface area contributed by atoms with Crippen molar-refractivity contribution < 1.29 is 14.6 Å². The molecule has 0 aromatic heterocycles. The second-order valence-electron chi connectivity index (χ2n) is 3.66. The van der Waals surface area contributed by atoms with Crippen molar-refractivity contribution in [2.45, 2.75) is 25.8 Å². The van der Waals surface area contributed by atoms with Crippen LogP contribution in [0.25, 0.3) is 0 Å². The zero-order valence-corrected chi connectivity index (χ0v) is 9.24. The van der Waals surface area contributed by atoms with E-state index >= 15 is 0 Å². The highest BCUT2D eigenvalue weighted by Gasteiger charge is 2.21.